The van der Waals surface area contributed by atoms with Gasteiger partial charge in [0.1, 0.15) is 6.10 Å². The summed E-state index contributed by atoms with van der Waals surface area (Å²) in [5, 5.41) is 15.1. The van der Waals surface area contributed by atoms with Crippen molar-refractivity contribution in [3.05, 3.63) is 29.3 Å². The van der Waals surface area contributed by atoms with Crippen LogP contribution in [0.1, 0.15) is 30.4 Å². The van der Waals surface area contributed by atoms with Crippen molar-refractivity contribution in [1.82, 2.24) is 5.32 Å². The van der Waals surface area contributed by atoms with Crippen LogP contribution in [0.25, 0.3) is 0 Å². The van der Waals surface area contributed by atoms with Crippen LogP contribution >= 0.6 is 0 Å². The van der Waals surface area contributed by atoms with E-state index in [-0.39, 0.29) is 5.91 Å². The fraction of sp³-hybridized carbons (Fsp3) is 0.500. The van der Waals surface area contributed by atoms with Crippen molar-refractivity contribution in [1.29, 1.82) is 0 Å². The number of benzene rings is 1. The monoisotopic (exact) mass is 304 g/mol. The Kier molecular flexibility index (Phi) is 4.29. The van der Waals surface area contributed by atoms with Gasteiger partial charge in [-0.1, -0.05) is 12.1 Å². The van der Waals surface area contributed by atoms with E-state index < -0.39 is 18.2 Å². The van der Waals surface area contributed by atoms with E-state index >= 15 is 0 Å². The lowest BCUT2D eigenvalue weighted by molar-refractivity contribution is -0.151. The summed E-state index contributed by atoms with van der Waals surface area (Å²) in [4.78, 5) is 23.0. The van der Waals surface area contributed by atoms with Crippen LogP contribution in [0, 0.1) is 0 Å². The van der Waals surface area contributed by atoms with Gasteiger partial charge in [0.15, 0.2) is 6.10 Å². The molecule has 1 amide bonds. The Morgan fingerprint density at radius 2 is 2.14 bits per heavy atom. The molecule has 3 rings (SSSR count). The lowest BCUT2D eigenvalue weighted by Gasteiger charge is -2.21. The van der Waals surface area contributed by atoms with E-state index in [4.69, 9.17) is 9.84 Å². The van der Waals surface area contributed by atoms with E-state index in [1.807, 2.05) is 12.1 Å². The molecule has 0 spiro atoms. The van der Waals surface area contributed by atoms with E-state index in [1.165, 1.54) is 5.56 Å². The molecule has 0 radical (unpaired) electrons. The zero-order chi connectivity index (χ0) is 15.5. The molecule has 0 unspecified atom stereocenters. The summed E-state index contributed by atoms with van der Waals surface area (Å²) in [5.41, 5.74) is 3.50. The second-order valence-corrected chi connectivity index (χ2v) is 5.72. The summed E-state index contributed by atoms with van der Waals surface area (Å²) in [6, 6.07) is 6.05. The van der Waals surface area contributed by atoms with Crippen molar-refractivity contribution < 1.29 is 19.4 Å². The predicted octanol–water partition coefficient (Wildman–Crippen LogP) is 1.29. The third-order valence-electron chi connectivity index (χ3n) is 4.23. The third-order valence-corrected chi connectivity index (χ3v) is 4.23. The Labute approximate surface area is 128 Å². The predicted molar refractivity (Wildman–Crippen MR) is 80.6 cm³/mol. The van der Waals surface area contributed by atoms with Crippen LogP contribution in [-0.2, 0) is 27.3 Å². The molecule has 22 heavy (non-hydrogen) atoms. The molecule has 1 saturated heterocycles. The van der Waals surface area contributed by atoms with Gasteiger partial charge in [-0.15, -0.1) is 0 Å². The Morgan fingerprint density at radius 1 is 1.32 bits per heavy atom. The number of fused-ring (bicyclic) bond motifs is 1. The number of carbonyl (C=O) groups excluding carboxylic acids is 1. The second-order valence-electron chi connectivity index (χ2n) is 5.72. The number of carboxylic acid groups (broad SMARTS) is 1. The van der Waals surface area contributed by atoms with Crippen molar-refractivity contribution >= 4 is 17.6 Å². The maximum absolute atomic E-state index is 12.1. The maximum Gasteiger partial charge on any atom is 0.332 e. The topological polar surface area (TPSA) is 87.7 Å². The molecular formula is C16H20N2O4. The van der Waals surface area contributed by atoms with Crippen molar-refractivity contribution in [3.63, 3.8) is 0 Å². The number of anilines is 1. The van der Waals surface area contributed by atoms with Crippen LogP contribution in [0.4, 0.5) is 5.69 Å². The molecule has 2 aliphatic rings. The zero-order valence-electron chi connectivity index (χ0n) is 12.3. The molecule has 2 aliphatic heterocycles. The van der Waals surface area contributed by atoms with Gasteiger partial charge in [0.25, 0.3) is 0 Å². The van der Waals surface area contributed by atoms with Crippen LogP contribution in [0.5, 0.6) is 0 Å². The summed E-state index contributed by atoms with van der Waals surface area (Å²) in [6.45, 7) is 1.43. The minimum Gasteiger partial charge on any atom is -0.479 e. The largest absolute Gasteiger partial charge is 0.479 e. The van der Waals surface area contributed by atoms with Gasteiger partial charge in [0, 0.05) is 18.8 Å². The number of carboxylic acids is 1. The summed E-state index contributed by atoms with van der Waals surface area (Å²) >= 11 is 0. The maximum atomic E-state index is 12.1. The minimum atomic E-state index is -1.00. The number of hydrogen-bond acceptors (Lipinski definition) is 4. The summed E-state index contributed by atoms with van der Waals surface area (Å²) in [6.07, 6.45) is 1.43. The molecule has 0 aliphatic carbocycles. The highest BCUT2D eigenvalue weighted by molar-refractivity contribution is 5.82. The van der Waals surface area contributed by atoms with Crippen LogP contribution < -0.4 is 10.6 Å². The number of rotatable bonds is 4. The van der Waals surface area contributed by atoms with Crippen molar-refractivity contribution in [2.75, 3.05) is 11.9 Å². The molecule has 118 valence electrons. The fourth-order valence-corrected chi connectivity index (χ4v) is 3.06. The third kappa shape index (κ3) is 3.06. The van der Waals surface area contributed by atoms with Crippen molar-refractivity contribution in [3.8, 4) is 0 Å². The quantitative estimate of drug-likeness (QED) is 0.780. The average molecular weight is 304 g/mol. The molecule has 6 nitrogen and oxygen atoms in total. The number of ether oxygens (including phenoxy) is 1. The van der Waals surface area contributed by atoms with Gasteiger partial charge in [-0.2, -0.15) is 0 Å². The molecule has 0 saturated carbocycles. The molecule has 1 aromatic carbocycles. The Balaban J connectivity index is 1.59. The summed E-state index contributed by atoms with van der Waals surface area (Å²) in [7, 11) is 0. The van der Waals surface area contributed by atoms with Crippen molar-refractivity contribution in [2.24, 2.45) is 0 Å². The SMILES string of the molecule is O=C(O)[C@@H]1CC[C@H](C(=O)NCc2cccc3c2CCCN3)O1. The van der Waals surface area contributed by atoms with Gasteiger partial charge in [-0.3, -0.25) is 4.79 Å². The number of nitrogens with one attached hydrogen (secondary N) is 2. The molecule has 0 aromatic heterocycles. The molecule has 1 fully saturated rings. The molecule has 1 aromatic rings. The first kappa shape index (κ1) is 14.8. The second kappa shape index (κ2) is 6.36. The highest BCUT2D eigenvalue weighted by Gasteiger charge is 2.34. The first-order chi connectivity index (χ1) is 10.6. The van der Waals surface area contributed by atoms with Crippen LogP contribution in [-0.4, -0.2) is 35.7 Å². The first-order valence-electron chi connectivity index (χ1n) is 7.66. The number of hydrogen-bond donors (Lipinski definition) is 3. The highest BCUT2D eigenvalue weighted by atomic mass is 16.5. The molecular weight excluding hydrogens is 284 g/mol. The van der Waals surface area contributed by atoms with E-state index in [0.717, 1.165) is 30.6 Å². The summed E-state index contributed by atoms with van der Waals surface area (Å²) in [5.74, 6) is -1.23. The molecule has 0 bridgehead atoms. The zero-order valence-corrected chi connectivity index (χ0v) is 12.3. The van der Waals surface area contributed by atoms with E-state index in [1.54, 1.807) is 0 Å². The standard InChI is InChI=1S/C16H20N2O4/c19-15(13-6-7-14(22-13)16(20)21)18-9-10-3-1-5-12-11(10)4-2-8-17-12/h1,3,5,13-14,17H,2,4,6-9H2,(H,18,19)(H,20,21)/t13-,14+/m1/s1. The van der Waals surface area contributed by atoms with Gasteiger partial charge >= 0.3 is 5.97 Å². The molecule has 6 heteroatoms. The fourth-order valence-electron chi connectivity index (χ4n) is 3.06. The van der Waals surface area contributed by atoms with Gasteiger partial charge in [0.2, 0.25) is 5.91 Å². The van der Waals surface area contributed by atoms with Gasteiger partial charge < -0.3 is 20.5 Å². The molecule has 2 heterocycles. The van der Waals surface area contributed by atoms with Crippen LogP contribution in [0.2, 0.25) is 0 Å². The van der Waals surface area contributed by atoms with Crippen LogP contribution in [0.3, 0.4) is 0 Å². The summed E-state index contributed by atoms with van der Waals surface area (Å²) < 4.78 is 5.26. The Morgan fingerprint density at radius 3 is 2.91 bits per heavy atom. The van der Waals surface area contributed by atoms with E-state index in [2.05, 4.69) is 16.7 Å². The normalized spacial score (nSPS) is 23.5. The van der Waals surface area contributed by atoms with Crippen molar-refractivity contribution in [2.45, 2.75) is 44.4 Å². The lowest BCUT2D eigenvalue weighted by atomic mass is 9.97. The average Bonchev–Trinajstić information content (AvgIpc) is 3.03. The van der Waals surface area contributed by atoms with E-state index in [0.29, 0.717) is 19.4 Å². The van der Waals surface area contributed by atoms with Gasteiger partial charge in [-0.05, 0) is 42.9 Å². The van der Waals surface area contributed by atoms with E-state index in [9.17, 15) is 9.59 Å². The number of carbonyl (C=O) groups is 2. The van der Waals surface area contributed by atoms with Crippen LogP contribution in [0.15, 0.2) is 18.2 Å². The van der Waals surface area contributed by atoms with Gasteiger partial charge in [-0.25, -0.2) is 4.79 Å². The van der Waals surface area contributed by atoms with Gasteiger partial charge in [0.05, 0.1) is 0 Å². The lowest BCUT2D eigenvalue weighted by Crippen LogP contribution is -2.35. The Hall–Kier alpha value is -2.08. The first-order valence-corrected chi connectivity index (χ1v) is 7.66. The Bertz CT molecular complexity index is 588. The minimum absolute atomic E-state index is 0.231. The molecule has 3 N–H and O–H groups in total. The highest BCUT2D eigenvalue weighted by Crippen LogP contribution is 2.25. The number of amides is 1. The number of aliphatic carboxylic acids is 1. The smallest absolute Gasteiger partial charge is 0.332 e. The molecule has 2 atom stereocenters.